The minimum absolute atomic E-state index is 0.0405. The number of anilines is 2. The number of nitrogens with one attached hydrogen (secondary N) is 2. The number of nitrogens with zero attached hydrogens (tertiary/aromatic N) is 2. The van der Waals surface area contributed by atoms with Crippen LogP contribution in [0.4, 0.5) is 16.3 Å². The highest BCUT2D eigenvalue weighted by atomic mass is 16.3. The molecule has 0 bridgehead atoms. The summed E-state index contributed by atoms with van der Waals surface area (Å²) in [4.78, 5) is 19.0. The zero-order valence-corrected chi connectivity index (χ0v) is 14.2. The fourth-order valence-corrected chi connectivity index (χ4v) is 3.08. The van der Waals surface area contributed by atoms with E-state index in [1.165, 1.54) is 6.42 Å². The molecule has 2 aromatic rings. The van der Waals surface area contributed by atoms with Crippen LogP contribution >= 0.6 is 0 Å². The van der Waals surface area contributed by atoms with Crippen molar-refractivity contribution in [3.05, 3.63) is 53.7 Å². The first kappa shape index (κ1) is 17.2. The summed E-state index contributed by atoms with van der Waals surface area (Å²) in [5, 5.41) is 15.1. The third-order valence-electron chi connectivity index (χ3n) is 4.42. The number of aromatic nitrogens is 1. The monoisotopic (exact) mass is 340 g/mol. The number of piperidine rings is 1. The van der Waals surface area contributed by atoms with Crippen LogP contribution in [-0.4, -0.2) is 29.2 Å². The fourth-order valence-electron chi connectivity index (χ4n) is 3.08. The molecule has 0 spiro atoms. The molecule has 6 nitrogen and oxygen atoms in total. The summed E-state index contributed by atoms with van der Waals surface area (Å²) in [5.74, 6) is 0.827. The van der Waals surface area contributed by atoms with Crippen molar-refractivity contribution in [2.45, 2.75) is 32.4 Å². The summed E-state index contributed by atoms with van der Waals surface area (Å²) in [5.41, 5.74) is 2.44. The molecule has 2 heterocycles. The van der Waals surface area contributed by atoms with Crippen molar-refractivity contribution in [3.63, 3.8) is 0 Å². The van der Waals surface area contributed by atoms with E-state index < -0.39 is 0 Å². The predicted molar refractivity (Wildman–Crippen MR) is 98.5 cm³/mol. The molecule has 1 aliphatic heterocycles. The van der Waals surface area contributed by atoms with Gasteiger partial charge in [0.25, 0.3) is 0 Å². The lowest BCUT2D eigenvalue weighted by molar-refractivity contribution is 0.251. The van der Waals surface area contributed by atoms with Crippen molar-refractivity contribution in [2.24, 2.45) is 0 Å². The first-order valence-electron chi connectivity index (χ1n) is 8.70. The zero-order chi connectivity index (χ0) is 17.5. The minimum Gasteiger partial charge on any atom is -0.392 e. The molecule has 3 rings (SSSR count). The van der Waals surface area contributed by atoms with Gasteiger partial charge in [-0.15, -0.1) is 0 Å². The summed E-state index contributed by atoms with van der Waals surface area (Å²) in [6.07, 6.45) is 5.31. The summed E-state index contributed by atoms with van der Waals surface area (Å²) < 4.78 is 0. The van der Waals surface area contributed by atoms with Gasteiger partial charge in [0.2, 0.25) is 0 Å². The van der Waals surface area contributed by atoms with E-state index in [0.717, 1.165) is 48.6 Å². The second kappa shape index (κ2) is 8.48. The Kier molecular flexibility index (Phi) is 5.85. The van der Waals surface area contributed by atoms with E-state index in [2.05, 4.69) is 20.5 Å². The highest BCUT2D eigenvalue weighted by Gasteiger charge is 2.16. The van der Waals surface area contributed by atoms with Gasteiger partial charge in [0.15, 0.2) is 5.82 Å². The molecular weight excluding hydrogens is 316 g/mol. The number of amides is 2. The molecule has 1 fully saturated rings. The number of carbonyl (C=O) groups is 1. The van der Waals surface area contributed by atoms with Gasteiger partial charge in [0, 0.05) is 25.8 Å². The van der Waals surface area contributed by atoms with Gasteiger partial charge in [-0.05, 0) is 42.5 Å². The second-order valence-corrected chi connectivity index (χ2v) is 6.16. The van der Waals surface area contributed by atoms with Gasteiger partial charge in [-0.3, -0.25) is 0 Å². The topological polar surface area (TPSA) is 77.5 Å². The second-order valence-electron chi connectivity index (χ2n) is 6.16. The maximum Gasteiger partial charge on any atom is 0.319 e. The Morgan fingerprint density at radius 2 is 1.84 bits per heavy atom. The van der Waals surface area contributed by atoms with Crippen molar-refractivity contribution in [1.29, 1.82) is 0 Å². The molecule has 6 heteroatoms. The molecule has 0 saturated carbocycles. The third-order valence-corrected chi connectivity index (χ3v) is 4.42. The quantitative estimate of drug-likeness (QED) is 0.782. The van der Waals surface area contributed by atoms with E-state index in [-0.39, 0.29) is 12.6 Å². The molecule has 1 aromatic heterocycles. The Bertz CT molecular complexity index is 714. The molecule has 25 heavy (non-hydrogen) atoms. The number of aliphatic hydroxyl groups excluding tert-OH is 1. The Labute approximate surface area is 147 Å². The molecule has 0 aliphatic carbocycles. The van der Waals surface area contributed by atoms with E-state index in [1.54, 1.807) is 6.20 Å². The molecule has 2 amide bonds. The van der Waals surface area contributed by atoms with Crippen LogP contribution < -0.4 is 15.5 Å². The van der Waals surface area contributed by atoms with Crippen LogP contribution in [0.15, 0.2) is 42.6 Å². The molecular formula is C19H24N4O2. The fraction of sp³-hybridized carbons (Fsp3) is 0.368. The van der Waals surface area contributed by atoms with Gasteiger partial charge >= 0.3 is 6.03 Å². The van der Waals surface area contributed by atoms with Crippen LogP contribution in [-0.2, 0) is 13.2 Å². The average Bonchev–Trinajstić information content (AvgIpc) is 2.67. The lowest BCUT2D eigenvalue weighted by Crippen LogP contribution is -2.33. The summed E-state index contributed by atoms with van der Waals surface area (Å²) in [6.45, 7) is 2.26. The van der Waals surface area contributed by atoms with E-state index in [9.17, 15) is 9.90 Å². The zero-order valence-electron chi connectivity index (χ0n) is 14.2. The number of urea groups is 1. The Morgan fingerprint density at radius 1 is 1.08 bits per heavy atom. The molecule has 3 N–H and O–H groups in total. The van der Waals surface area contributed by atoms with Crippen molar-refractivity contribution in [2.75, 3.05) is 23.3 Å². The van der Waals surface area contributed by atoms with E-state index in [1.807, 2.05) is 36.4 Å². The van der Waals surface area contributed by atoms with Crippen LogP contribution in [0, 0.1) is 0 Å². The first-order chi connectivity index (χ1) is 12.3. The van der Waals surface area contributed by atoms with Gasteiger partial charge in [0.05, 0.1) is 12.3 Å². The number of hydrogen-bond donors (Lipinski definition) is 3. The summed E-state index contributed by atoms with van der Waals surface area (Å²) in [7, 11) is 0. The van der Waals surface area contributed by atoms with Crippen molar-refractivity contribution in [3.8, 4) is 0 Å². The van der Waals surface area contributed by atoms with E-state index >= 15 is 0 Å². The number of rotatable bonds is 5. The van der Waals surface area contributed by atoms with Gasteiger partial charge in [-0.25, -0.2) is 9.78 Å². The maximum atomic E-state index is 12.3. The highest BCUT2D eigenvalue weighted by molar-refractivity contribution is 5.92. The predicted octanol–water partition coefficient (Wildman–Crippen LogP) is 2.89. The minimum atomic E-state index is -0.279. The lowest BCUT2D eigenvalue weighted by Gasteiger charge is -2.29. The summed E-state index contributed by atoms with van der Waals surface area (Å²) >= 11 is 0. The average molecular weight is 340 g/mol. The van der Waals surface area contributed by atoms with Crippen LogP contribution in [0.3, 0.4) is 0 Å². The van der Waals surface area contributed by atoms with E-state index in [0.29, 0.717) is 6.54 Å². The smallest absolute Gasteiger partial charge is 0.319 e. The largest absolute Gasteiger partial charge is 0.392 e. The molecule has 1 saturated heterocycles. The summed E-state index contributed by atoms with van der Waals surface area (Å²) in [6, 6.07) is 10.9. The van der Waals surface area contributed by atoms with Gasteiger partial charge in [0.1, 0.15) is 0 Å². The standard InChI is InChI=1S/C19H24N4O2/c24-14-16-8-3-2-7-15(16)13-21-19(25)22-17-9-6-10-20-18(17)23-11-4-1-5-12-23/h2-3,6-10,24H,1,4-5,11-14H2,(H2,21,22,25). The van der Waals surface area contributed by atoms with Crippen molar-refractivity contribution >= 4 is 17.5 Å². The number of pyridine rings is 1. The molecule has 0 atom stereocenters. The van der Waals surface area contributed by atoms with Gasteiger partial charge < -0.3 is 20.6 Å². The Hall–Kier alpha value is -2.60. The van der Waals surface area contributed by atoms with Crippen LogP contribution in [0.25, 0.3) is 0 Å². The molecule has 132 valence electrons. The lowest BCUT2D eigenvalue weighted by atomic mass is 10.1. The molecule has 0 radical (unpaired) electrons. The number of aliphatic hydroxyl groups is 1. The number of hydrogen-bond acceptors (Lipinski definition) is 4. The normalized spacial score (nSPS) is 14.2. The van der Waals surface area contributed by atoms with Crippen molar-refractivity contribution in [1.82, 2.24) is 10.3 Å². The Morgan fingerprint density at radius 3 is 2.60 bits per heavy atom. The van der Waals surface area contributed by atoms with Crippen LogP contribution in [0.5, 0.6) is 0 Å². The molecule has 0 unspecified atom stereocenters. The van der Waals surface area contributed by atoms with E-state index in [4.69, 9.17) is 0 Å². The first-order valence-corrected chi connectivity index (χ1v) is 8.70. The van der Waals surface area contributed by atoms with Gasteiger partial charge in [-0.1, -0.05) is 24.3 Å². The maximum absolute atomic E-state index is 12.3. The van der Waals surface area contributed by atoms with Crippen LogP contribution in [0.1, 0.15) is 30.4 Å². The Balaban J connectivity index is 1.63. The van der Waals surface area contributed by atoms with Gasteiger partial charge in [-0.2, -0.15) is 0 Å². The SMILES string of the molecule is O=C(NCc1ccccc1CO)Nc1cccnc1N1CCCCC1. The van der Waals surface area contributed by atoms with Crippen molar-refractivity contribution < 1.29 is 9.90 Å². The highest BCUT2D eigenvalue weighted by Crippen LogP contribution is 2.25. The molecule has 1 aliphatic rings. The third kappa shape index (κ3) is 4.48. The number of carbonyl (C=O) groups excluding carboxylic acids is 1. The molecule has 1 aromatic carbocycles. The number of benzene rings is 1. The van der Waals surface area contributed by atoms with Crippen LogP contribution in [0.2, 0.25) is 0 Å².